The van der Waals surface area contributed by atoms with E-state index in [4.69, 9.17) is 39.5 Å². The van der Waals surface area contributed by atoms with Gasteiger partial charge in [0.25, 0.3) is 5.91 Å². The van der Waals surface area contributed by atoms with E-state index in [1.807, 2.05) is 30.3 Å². The summed E-state index contributed by atoms with van der Waals surface area (Å²) < 4.78 is 5.74. The van der Waals surface area contributed by atoms with E-state index in [1.54, 1.807) is 42.5 Å². The zero-order chi connectivity index (χ0) is 25.9. The van der Waals surface area contributed by atoms with Gasteiger partial charge in [0.05, 0.1) is 5.02 Å². The maximum absolute atomic E-state index is 13.6. The first kappa shape index (κ1) is 27.9. The maximum atomic E-state index is 13.6. The van der Waals surface area contributed by atoms with Crippen LogP contribution in [0.25, 0.3) is 0 Å². The Morgan fingerprint density at radius 3 is 2.19 bits per heavy atom. The van der Waals surface area contributed by atoms with Gasteiger partial charge in [-0.25, -0.2) is 0 Å². The van der Waals surface area contributed by atoms with Crippen LogP contribution in [0.2, 0.25) is 15.1 Å². The summed E-state index contributed by atoms with van der Waals surface area (Å²) in [4.78, 5) is 28.5. The van der Waals surface area contributed by atoms with Gasteiger partial charge in [-0.1, -0.05) is 96.7 Å². The molecule has 0 aliphatic carbocycles. The number of amides is 2. The molecule has 5 nitrogen and oxygen atoms in total. The molecule has 8 heteroatoms. The van der Waals surface area contributed by atoms with E-state index < -0.39 is 11.9 Å². The normalized spacial score (nSPS) is 11.6. The number of nitrogens with one attached hydrogen (secondary N) is 1. The lowest BCUT2D eigenvalue weighted by atomic mass is 10.0. The Morgan fingerprint density at radius 2 is 1.53 bits per heavy atom. The third kappa shape index (κ3) is 7.89. The smallest absolute Gasteiger partial charge is 0.261 e. The Morgan fingerprint density at radius 1 is 0.889 bits per heavy atom. The molecule has 0 saturated carbocycles. The lowest BCUT2D eigenvalue weighted by molar-refractivity contribution is -0.142. The maximum Gasteiger partial charge on any atom is 0.261 e. The second kappa shape index (κ2) is 14.1. The summed E-state index contributed by atoms with van der Waals surface area (Å²) in [6.45, 7) is 2.31. The molecule has 0 spiro atoms. The van der Waals surface area contributed by atoms with Crippen LogP contribution in [0, 0.1) is 0 Å². The molecule has 190 valence electrons. The predicted octanol–water partition coefficient (Wildman–Crippen LogP) is 6.58. The summed E-state index contributed by atoms with van der Waals surface area (Å²) in [6.07, 6.45) is 2.09. The summed E-state index contributed by atoms with van der Waals surface area (Å²) in [5, 5.41) is 4.20. The van der Waals surface area contributed by atoms with Crippen molar-refractivity contribution < 1.29 is 14.3 Å². The molecule has 0 aromatic heterocycles. The quantitative estimate of drug-likeness (QED) is 0.261. The van der Waals surface area contributed by atoms with Crippen LogP contribution in [-0.2, 0) is 22.6 Å². The van der Waals surface area contributed by atoms with Gasteiger partial charge in [-0.05, 0) is 36.2 Å². The summed E-state index contributed by atoms with van der Waals surface area (Å²) >= 11 is 19.1. The molecule has 0 bridgehead atoms. The number of hydrogen-bond donors (Lipinski definition) is 1. The van der Waals surface area contributed by atoms with Crippen LogP contribution < -0.4 is 10.1 Å². The topological polar surface area (TPSA) is 58.6 Å². The Labute approximate surface area is 227 Å². The lowest BCUT2D eigenvalue weighted by Gasteiger charge is -2.32. The van der Waals surface area contributed by atoms with E-state index in [-0.39, 0.29) is 19.1 Å². The average molecular weight is 548 g/mol. The van der Waals surface area contributed by atoms with Crippen molar-refractivity contribution in [3.63, 3.8) is 0 Å². The molecule has 0 radical (unpaired) electrons. The van der Waals surface area contributed by atoms with Crippen LogP contribution in [0.1, 0.15) is 30.9 Å². The van der Waals surface area contributed by atoms with E-state index in [0.717, 1.165) is 18.4 Å². The van der Waals surface area contributed by atoms with Gasteiger partial charge in [-0.3, -0.25) is 9.59 Å². The van der Waals surface area contributed by atoms with E-state index >= 15 is 0 Å². The molecule has 0 aliphatic heterocycles. The highest BCUT2D eigenvalue weighted by molar-refractivity contribution is 6.36. The van der Waals surface area contributed by atoms with Gasteiger partial charge in [0.1, 0.15) is 11.8 Å². The first-order chi connectivity index (χ1) is 17.4. The molecule has 0 fully saturated rings. The van der Waals surface area contributed by atoms with Gasteiger partial charge >= 0.3 is 0 Å². The van der Waals surface area contributed by atoms with Gasteiger partial charge in [-0.15, -0.1) is 0 Å². The number of para-hydroxylation sites is 1. The number of ether oxygens (including phenoxy) is 1. The number of benzene rings is 3. The van der Waals surface area contributed by atoms with Crippen molar-refractivity contribution in [3.05, 3.63) is 99.0 Å². The predicted molar refractivity (Wildman–Crippen MR) is 146 cm³/mol. The highest BCUT2D eigenvalue weighted by Gasteiger charge is 2.31. The van der Waals surface area contributed by atoms with Gasteiger partial charge in [0.2, 0.25) is 5.91 Å². The monoisotopic (exact) mass is 546 g/mol. The second-order valence-electron chi connectivity index (χ2n) is 8.29. The summed E-state index contributed by atoms with van der Waals surface area (Å²) in [5.74, 6) is -0.255. The summed E-state index contributed by atoms with van der Waals surface area (Å²) in [5.41, 5.74) is 1.48. The third-order valence-corrected chi connectivity index (χ3v) is 6.70. The first-order valence-electron chi connectivity index (χ1n) is 11.8. The molecule has 1 atom stereocenters. The van der Waals surface area contributed by atoms with Crippen molar-refractivity contribution in [2.75, 3.05) is 13.2 Å². The minimum Gasteiger partial charge on any atom is -0.482 e. The van der Waals surface area contributed by atoms with Crippen LogP contribution in [0.5, 0.6) is 5.75 Å². The summed E-state index contributed by atoms with van der Waals surface area (Å²) in [6, 6.07) is 20.8. The fraction of sp³-hybridized carbons (Fsp3) is 0.286. The fourth-order valence-electron chi connectivity index (χ4n) is 3.70. The largest absolute Gasteiger partial charge is 0.482 e. The molecule has 2 amide bonds. The Hall–Kier alpha value is -2.73. The summed E-state index contributed by atoms with van der Waals surface area (Å²) in [7, 11) is 0. The number of unbranched alkanes of at least 4 members (excludes halogenated alkanes) is 1. The zero-order valence-electron chi connectivity index (χ0n) is 20.1. The molecule has 1 N–H and O–H groups in total. The van der Waals surface area contributed by atoms with Crippen molar-refractivity contribution in [2.24, 2.45) is 0 Å². The minimum atomic E-state index is -0.807. The zero-order valence-corrected chi connectivity index (χ0v) is 22.3. The minimum absolute atomic E-state index is 0.0436. The molecule has 1 unspecified atom stereocenters. The average Bonchev–Trinajstić information content (AvgIpc) is 2.87. The standard InChI is InChI=1S/C28H29Cl3N2O3/c1-2-3-16-32-28(35)25(17-20-10-5-4-6-11-20)33(18-21-22(29)13-9-14-23(21)30)27(34)19-36-26-15-8-7-12-24(26)31/h4-15,25H,2-3,16-19H2,1H3,(H,32,35). The first-order valence-corrected chi connectivity index (χ1v) is 13.0. The number of halogens is 3. The van der Waals surface area contributed by atoms with Gasteiger partial charge in [0.15, 0.2) is 6.61 Å². The van der Waals surface area contributed by atoms with Gasteiger partial charge < -0.3 is 15.0 Å². The number of carbonyl (C=O) groups excluding carboxylic acids is 2. The van der Waals surface area contributed by atoms with Crippen molar-refractivity contribution in [3.8, 4) is 5.75 Å². The molecule has 0 aliphatic rings. The fourth-order valence-corrected chi connectivity index (χ4v) is 4.41. The Bertz CT molecular complexity index is 1140. The molecule has 3 aromatic carbocycles. The lowest BCUT2D eigenvalue weighted by Crippen LogP contribution is -2.52. The van der Waals surface area contributed by atoms with Gasteiger partial charge in [-0.2, -0.15) is 0 Å². The van der Waals surface area contributed by atoms with E-state index in [9.17, 15) is 9.59 Å². The van der Waals surface area contributed by atoms with Crippen LogP contribution in [0.4, 0.5) is 0 Å². The molecule has 0 heterocycles. The molecular weight excluding hydrogens is 519 g/mol. The number of hydrogen-bond acceptors (Lipinski definition) is 3. The van der Waals surface area contributed by atoms with Crippen LogP contribution in [0.15, 0.2) is 72.8 Å². The van der Waals surface area contributed by atoms with Crippen molar-refractivity contribution >= 4 is 46.6 Å². The van der Waals surface area contributed by atoms with E-state index in [1.165, 1.54) is 4.90 Å². The van der Waals surface area contributed by atoms with Crippen molar-refractivity contribution in [1.29, 1.82) is 0 Å². The molecular formula is C28H29Cl3N2O3. The van der Waals surface area contributed by atoms with Crippen LogP contribution in [-0.4, -0.2) is 35.9 Å². The van der Waals surface area contributed by atoms with Crippen molar-refractivity contribution in [1.82, 2.24) is 10.2 Å². The van der Waals surface area contributed by atoms with Crippen LogP contribution in [0.3, 0.4) is 0 Å². The van der Waals surface area contributed by atoms with E-state index in [0.29, 0.717) is 39.3 Å². The van der Waals surface area contributed by atoms with Crippen LogP contribution >= 0.6 is 34.8 Å². The molecule has 3 rings (SSSR count). The Balaban J connectivity index is 1.94. The molecule has 3 aromatic rings. The second-order valence-corrected chi connectivity index (χ2v) is 9.51. The Kier molecular flexibility index (Phi) is 10.9. The highest BCUT2D eigenvalue weighted by Crippen LogP contribution is 2.28. The third-order valence-electron chi connectivity index (χ3n) is 5.68. The number of rotatable bonds is 12. The number of nitrogens with zero attached hydrogens (tertiary/aromatic N) is 1. The SMILES string of the molecule is CCCCNC(=O)C(Cc1ccccc1)N(Cc1c(Cl)cccc1Cl)C(=O)COc1ccccc1Cl. The molecule has 0 saturated heterocycles. The van der Waals surface area contributed by atoms with E-state index in [2.05, 4.69) is 12.2 Å². The number of carbonyl (C=O) groups is 2. The molecule has 36 heavy (non-hydrogen) atoms. The highest BCUT2D eigenvalue weighted by atomic mass is 35.5. The van der Waals surface area contributed by atoms with Gasteiger partial charge in [0, 0.05) is 35.1 Å². The van der Waals surface area contributed by atoms with Crippen molar-refractivity contribution in [2.45, 2.75) is 38.8 Å².